The third kappa shape index (κ3) is 4.32. The fourth-order valence-corrected chi connectivity index (χ4v) is 3.40. The molecule has 0 spiro atoms. The number of thiazole rings is 1. The van der Waals surface area contributed by atoms with Crippen molar-refractivity contribution in [2.45, 2.75) is 19.3 Å². The summed E-state index contributed by atoms with van der Waals surface area (Å²) in [5.41, 5.74) is 0.772. The molecular weight excluding hydrogens is 347 g/mol. The lowest BCUT2D eigenvalue weighted by atomic mass is 10.2. The van der Waals surface area contributed by atoms with Crippen molar-refractivity contribution in [3.05, 3.63) is 11.1 Å². The SMILES string of the molecule is Cl.Cl.O=C(Cc1csc(N2CCCC2=O)n1)N1CCNCC1. The van der Waals surface area contributed by atoms with Gasteiger partial charge in [0.1, 0.15) is 0 Å². The van der Waals surface area contributed by atoms with Crippen LogP contribution in [0.4, 0.5) is 5.13 Å². The maximum atomic E-state index is 12.1. The highest BCUT2D eigenvalue weighted by atomic mass is 35.5. The molecule has 2 fully saturated rings. The van der Waals surface area contributed by atoms with E-state index in [1.807, 2.05) is 10.3 Å². The predicted octanol–water partition coefficient (Wildman–Crippen LogP) is 1.09. The molecule has 3 rings (SSSR count). The highest BCUT2D eigenvalue weighted by Crippen LogP contribution is 2.25. The van der Waals surface area contributed by atoms with Crippen molar-refractivity contribution in [1.29, 1.82) is 0 Å². The maximum absolute atomic E-state index is 12.1. The number of rotatable bonds is 3. The lowest BCUT2D eigenvalue weighted by Crippen LogP contribution is -2.46. The van der Waals surface area contributed by atoms with E-state index in [0.717, 1.165) is 50.0 Å². The Morgan fingerprint density at radius 2 is 2.00 bits per heavy atom. The number of hydrogen-bond donors (Lipinski definition) is 1. The van der Waals surface area contributed by atoms with Crippen molar-refractivity contribution in [1.82, 2.24) is 15.2 Å². The van der Waals surface area contributed by atoms with Crippen LogP contribution in [0.2, 0.25) is 0 Å². The standard InChI is InChI=1S/C13H18N4O2S.2ClH/c18-11-2-1-5-17(11)13-15-10(9-20-13)8-12(19)16-6-3-14-4-7-16;;/h9,14H,1-8H2;2*1H. The summed E-state index contributed by atoms with van der Waals surface area (Å²) in [7, 11) is 0. The van der Waals surface area contributed by atoms with E-state index >= 15 is 0 Å². The zero-order chi connectivity index (χ0) is 13.9. The Kier molecular flexibility index (Phi) is 7.55. The monoisotopic (exact) mass is 366 g/mol. The number of anilines is 1. The van der Waals surface area contributed by atoms with Gasteiger partial charge >= 0.3 is 0 Å². The molecule has 0 atom stereocenters. The van der Waals surface area contributed by atoms with Crippen molar-refractivity contribution in [2.24, 2.45) is 0 Å². The largest absolute Gasteiger partial charge is 0.340 e. The van der Waals surface area contributed by atoms with Crippen molar-refractivity contribution in [2.75, 3.05) is 37.6 Å². The summed E-state index contributed by atoms with van der Waals surface area (Å²) >= 11 is 1.45. The van der Waals surface area contributed by atoms with E-state index < -0.39 is 0 Å². The highest BCUT2D eigenvalue weighted by Gasteiger charge is 2.25. The van der Waals surface area contributed by atoms with Gasteiger partial charge in [0, 0.05) is 44.5 Å². The number of aromatic nitrogens is 1. The Morgan fingerprint density at radius 1 is 1.27 bits per heavy atom. The summed E-state index contributed by atoms with van der Waals surface area (Å²) in [5, 5.41) is 5.85. The van der Waals surface area contributed by atoms with Crippen LogP contribution in [0.1, 0.15) is 18.5 Å². The normalized spacial score (nSPS) is 17.9. The molecule has 2 amide bonds. The zero-order valence-corrected chi connectivity index (χ0v) is 14.6. The van der Waals surface area contributed by atoms with Crippen LogP contribution in [0.25, 0.3) is 0 Å². The highest BCUT2D eigenvalue weighted by molar-refractivity contribution is 7.14. The quantitative estimate of drug-likeness (QED) is 0.869. The molecule has 3 heterocycles. The molecule has 0 radical (unpaired) electrons. The van der Waals surface area contributed by atoms with Crippen molar-refractivity contribution in [3.63, 3.8) is 0 Å². The predicted molar refractivity (Wildman–Crippen MR) is 91.4 cm³/mol. The minimum Gasteiger partial charge on any atom is -0.340 e. The zero-order valence-electron chi connectivity index (χ0n) is 12.1. The van der Waals surface area contributed by atoms with Gasteiger partial charge in [0.05, 0.1) is 12.1 Å². The molecule has 1 aromatic heterocycles. The second-order valence-electron chi connectivity index (χ2n) is 5.08. The molecule has 0 aromatic carbocycles. The van der Waals surface area contributed by atoms with Crippen LogP contribution in [-0.2, 0) is 16.0 Å². The number of halogens is 2. The first kappa shape index (κ1) is 19.2. The molecule has 1 N–H and O–H groups in total. The molecule has 1 aromatic rings. The van der Waals surface area contributed by atoms with Crippen LogP contribution in [0.3, 0.4) is 0 Å². The number of carbonyl (C=O) groups excluding carboxylic acids is 2. The summed E-state index contributed by atoms with van der Waals surface area (Å²) < 4.78 is 0. The van der Waals surface area contributed by atoms with Gasteiger partial charge in [-0.25, -0.2) is 4.98 Å². The molecule has 2 saturated heterocycles. The Hall–Kier alpha value is -0.890. The average Bonchev–Trinajstić information content (AvgIpc) is 3.08. The molecule has 2 aliphatic heterocycles. The van der Waals surface area contributed by atoms with Crippen molar-refractivity contribution >= 4 is 53.1 Å². The van der Waals surface area contributed by atoms with Crippen molar-refractivity contribution < 1.29 is 9.59 Å². The number of amides is 2. The van der Waals surface area contributed by atoms with Gasteiger partial charge in [0.15, 0.2) is 5.13 Å². The summed E-state index contributed by atoms with van der Waals surface area (Å²) in [6.45, 7) is 3.99. The van der Waals surface area contributed by atoms with Crippen molar-refractivity contribution in [3.8, 4) is 0 Å². The molecule has 2 aliphatic rings. The van der Waals surface area contributed by atoms with Gasteiger partial charge in [0.25, 0.3) is 0 Å². The van der Waals surface area contributed by atoms with Gasteiger partial charge in [-0.05, 0) is 6.42 Å². The van der Waals surface area contributed by atoms with E-state index in [1.165, 1.54) is 11.3 Å². The Morgan fingerprint density at radius 3 is 2.64 bits per heavy atom. The molecule has 6 nitrogen and oxygen atoms in total. The van der Waals surface area contributed by atoms with Crippen LogP contribution < -0.4 is 10.2 Å². The van der Waals surface area contributed by atoms with Crippen LogP contribution >= 0.6 is 36.2 Å². The molecule has 9 heteroatoms. The van der Waals surface area contributed by atoms with Gasteiger partial charge in [-0.3, -0.25) is 14.5 Å². The minimum atomic E-state index is 0. The number of piperazine rings is 1. The number of nitrogens with zero attached hydrogens (tertiary/aromatic N) is 3. The van der Waals surface area contributed by atoms with E-state index in [2.05, 4.69) is 10.3 Å². The Bertz CT molecular complexity index is 520. The van der Waals surface area contributed by atoms with Crippen LogP contribution in [0.15, 0.2) is 5.38 Å². The second kappa shape index (κ2) is 8.67. The topological polar surface area (TPSA) is 65.5 Å². The lowest BCUT2D eigenvalue weighted by Gasteiger charge is -2.27. The third-order valence-corrected chi connectivity index (χ3v) is 4.56. The molecule has 22 heavy (non-hydrogen) atoms. The average molecular weight is 367 g/mol. The first-order valence-electron chi connectivity index (χ1n) is 6.97. The fraction of sp³-hybridized carbons (Fsp3) is 0.615. The summed E-state index contributed by atoms with van der Waals surface area (Å²) in [4.78, 5) is 31.8. The van der Waals surface area contributed by atoms with E-state index in [0.29, 0.717) is 12.8 Å². The number of hydrogen-bond acceptors (Lipinski definition) is 5. The Labute approximate surface area is 146 Å². The minimum absolute atomic E-state index is 0. The van der Waals surface area contributed by atoms with Crippen LogP contribution in [0.5, 0.6) is 0 Å². The third-order valence-electron chi connectivity index (χ3n) is 3.65. The van der Waals surface area contributed by atoms with E-state index in [1.54, 1.807) is 4.90 Å². The van der Waals surface area contributed by atoms with E-state index in [-0.39, 0.29) is 36.6 Å². The van der Waals surface area contributed by atoms with Gasteiger partial charge in [-0.15, -0.1) is 36.2 Å². The van der Waals surface area contributed by atoms with Crippen LogP contribution in [-0.4, -0.2) is 54.4 Å². The van der Waals surface area contributed by atoms with E-state index in [4.69, 9.17) is 0 Å². The molecule has 124 valence electrons. The first-order chi connectivity index (χ1) is 9.74. The van der Waals surface area contributed by atoms with Crippen LogP contribution in [0, 0.1) is 0 Å². The fourth-order valence-electron chi connectivity index (χ4n) is 2.53. The summed E-state index contributed by atoms with van der Waals surface area (Å²) in [6, 6.07) is 0. The van der Waals surface area contributed by atoms with Gasteiger partial charge in [0.2, 0.25) is 11.8 Å². The molecule has 0 saturated carbocycles. The molecule has 0 unspecified atom stereocenters. The van der Waals surface area contributed by atoms with Gasteiger partial charge in [-0.1, -0.05) is 0 Å². The smallest absolute Gasteiger partial charge is 0.228 e. The second-order valence-corrected chi connectivity index (χ2v) is 5.91. The first-order valence-corrected chi connectivity index (χ1v) is 7.85. The molecular formula is C13H20Cl2N4O2S. The summed E-state index contributed by atoms with van der Waals surface area (Å²) in [6.07, 6.45) is 1.83. The van der Waals surface area contributed by atoms with Gasteiger partial charge in [-0.2, -0.15) is 0 Å². The number of carbonyl (C=O) groups is 2. The number of nitrogens with one attached hydrogen (secondary N) is 1. The lowest BCUT2D eigenvalue weighted by molar-refractivity contribution is -0.131. The maximum Gasteiger partial charge on any atom is 0.228 e. The van der Waals surface area contributed by atoms with E-state index in [9.17, 15) is 9.59 Å². The molecule has 0 aliphatic carbocycles. The molecule has 0 bridgehead atoms. The summed E-state index contributed by atoms with van der Waals surface area (Å²) in [5.74, 6) is 0.260. The Balaban J connectivity index is 0.00000121. The van der Waals surface area contributed by atoms with Gasteiger partial charge < -0.3 is 10.2 Å².